The molecule has 4 heterocycles. The first kappa shape index (κ1) is 41.5. The number of benzene rings is 4. The van der Waals surface area contributed by atoms with Gasteiger partial charge in [-0.05, 0) is 71.9 Å². The third kappa shape index (κ3) is 9.24. The summed E-state index contributed by atoms with van der Waals surface area (Å²) in [5.74, 6) is 1.02. The summed E-state index contributed by atoms with van der Waals surface area (Å²) in [5, 5.41) is 5.43. The van der Waals surface area contributed by atoms with Gasteiger partial charge in [0.05, 0.1) is 50.1 Å². The Morgan fingerprint density at radius 1 is 0.597 bits per heavy atom. The molecule has 2 aromatic heterocycles. The Morgan fingerprint density at radius 3 is 1.35 bits per heavy atom. The van der Waals surface area contributed by atoms with Crippen LogP contribution in [0.5, 0.6) is 0 Å². The summed E-state index contributed by atoms with van der Waals surface area (Å²) in [6.07, 6.45) is 7.20. The molecule has 318 valence electrons. The van der Waals surface area contributed by atoms with E-state index in [0.29, 0.717) is 35.9 Å². The van der Waals surface area contributed by atoms with Crippen LogP contribution in [0.4, 0.5) is 9.59 Å². The molecule has 4 N–H and O–H groups in total. The van der Waals surface area contributed by atoms with Crippen LogP contribution in [0.1, 0.15) is 83.8 Å². The number of alkyl carbamates (subject to hydrolysis) is 2. The Balaban J connectivity index is 0.870. The Morgan fingerprint density at radius 2 is 0.984 bits per heavy atom. The van der Waals surface area contributed by atoms with Crippen molar-refractivity contribution in [3.05, 3.63) is 155 Å². The highest BCUT2D eigenvalue weighted by atomic mass is 16.5. The predicted octanol–water partition coefficient (Wildman–Crippen LogP) is 7.77. The molecule has 0 aliphatic carbocycles. The molecule has 2 saturated heterocycles. The number of aromatic amines is 2. The Labute approximate surface area is 360 Å². The molecule has 6 aromatic rings. The van der Waals surface area contributed by atoms with Gasteiger partial charge < -0.3 is 39.9 Å². The number of hydrogen-bond acceptors (Lipinski definition) is 8. The fourth-order valence-electron chi connectivity index (χ4n) is 8.48. The molecule has 2 fully saturated rings. The van der Waals surface area contributed by atoms with Gasteiger partial charge in [0.1, 0.15) is 23.7 Å². The van der Waals surface area contributed by atoms with E-state index in [2.05, 4.69) is 69.1 Å². The maximum atomic E-state index is 13.9. The van der Waals surface area contributed by atoms with Crippen molar-refractivity contribution < 1.29 is 28.7 Å². The monoisotopic (exact) mass is 834 g/mol. The molecule has 2 aliphatic heterocycles. The van der Waals surface area contributed by atoms with Gasteiger partial charge in [-0.15, -0.1) is 0 Å². The summed E-state index contributed by atoms with van der Waals surface area (Å²) in [4.78, 5) is 72.1. The van der Waals surface area contributed by atoms with E-state index in [4.69, 9.17) is 19.4 Å². The lowest BCUT2D eigenvalue weighted by Gasteiger charge is -2.28. The molecular formula is C48H50N8O6. The first-order valence-electron chi connectivity index (χ1n) is 21.0. The topological polar surface area (TPSA) is 175 Å². The van der Waals surface area contributed by atoms with Gasteiger partial charge in [-0.2, -0.15) is 0 Å². The van der Waals surface area contributed by atoms with Crippen LogP contribution < -0.4 is 10.6 Å². The molecule has 0 bridgehead atoms. The zero-order valence-electron chi connectivity index (χ0n) is 34.8. The molecule has 4 atom stereocenters. The highest BCUT2D eigenvalue weighted by Gasteiger charge is 2.38. The maximum Gasteiger partial charge on any atom is 0.407 e. The second-order valence-electron chi connectivity index (χ2n) is 15.6. The standard InChI is InChI=1S/C48H50N8O6/c1-61-47(59)53-41(35-11-5-3-6-12-35)45(57)55-27-9-15-39(55)43-49-29-37(51-43)33-23-19-31(20-24-33)17-18-32-21-25-34(26-22-32)38-30-50-44(52-38)40-16-10-28-56(40)46(58)42(54-48(60)62-2)36-13-7-4-8-14-36/h3-8,11-14,19-26,29-30,39-42H,9-10,15-18,27-28H2,1-2H3,(H,49,51)(H,50,52)(H,53,59)(H,54,60)/t39-,40+,41-,42-/m0/s1. The molecule has 4 amide bonds. The molecular weight excluding hydrogens is 785 g/mol. The molecule has 14 heteroatoms. The average Bonchev–Trinajstić information content (AvgIpc) is 4.17. The third-order valence-electron chi connectivity index (χ3n) is 11.8. The van der Waals surface area contributed by atoms with Crippen LogP contribution in [0.25, 0.3) is 22.5 Å². The fourth-order valence-corrected chi connectivity index (χ4v) is 8.48. The minimum absolute atomic E-state index is 0.205. The fraction of sp³-hybridized carbons (Fsp3) is 0.292. The van der Waals surface area contributed by atoms with E-state index in [0.717, 1.165) is 61.0 Å². The molecule has 14 nitrogen and oxygen atoms in total. The summed E-state index contributed by atoms with van der Waals surface area (Å²) in [5.41, 5.74) is 7.53. The number of carbonyl (C=O) groups excluding carboxylic acids is 4. The second kappa shape index (κ2) is 19.0. The van der Waals surface area contributed by atoms with Gasteiger partial charge in [0.2, 0.25) is 0 Å². The van der Waals surface area contributed by atoms with Crippen molar-refractivity contribution in [3.63, 3.8) is 0 Å². The number of ether oxygens (including phenoxy) is 2. The largest absolute Gasteiger partial charge is 0.453 e. The van der Waals surface area contributed by atoms with Gasteiger partial charge in [0.25, 0.3) is 11.8 Å². The number of H-pyrrole nitrogens is 2. The van der Waals surface area contributed by atoms with Crippen LogP contribution in [-0.4, -0.2) is 81.0 Å². The second-order valence-corrected chi connectivity index (χ2v) is 15.6. The normalized spacial score (nSPS) is 17.0. The highest BCUT2D eigenvalue weighted by molar-refractivity contribution is 5.88. The highest BCUT2D eigenvalue weighted by Crippen LogP contribution is 2.36. The van der Waals surface area contributed by atoms with Crippen LogP contribution in [0.2, 0.25) is 0 Å². The number of aromatic nitrogens is 4. The van der Waals surface area contributed by atoms with Crippen LogP contribution in [0.3, 0.4) is 0 Å². The average molecular weight is 835 g/mol. The van der Waals surface area contributed by atoms with E-state index < -0.39 is 24.3 Å². The maximum absolute atomic E-state index is 13.9. The summed E-state index contributed by atoms with van der Waals surface area (Å²) in [6, 6.07) is 33.0. The van der Waals surface area contributed by atoms with E-state index in [1.165, 1.54) is 25.3 Å². The van der Waals surface area contributed by atoms with Gasteiger partial charge in [-0.1, -0.05) is 109 Å². The van der Waals surface area contributed by atoms with Crippen LogP contribution in [0.15, 0.2) is 122 Å². The summed E-state index contributed by atoms with van der Waals surface area (Å²) in [7, 11) is 2.57. The van der Waals surface area contributed by atoms with Crippen molar-refractivity contribution in [2.45, 2.75) is 62.7 Å². The van der Waals surface area contributed by atoms with Gasteiger partial charge in [0, 0.05) is 13.1 Å². The quantitative estimate of drug-likeness (QED) is 0.0913. The molecule has 4 aromatic carbocycles. The van der Waals surface area contributed by atoms with Crippen LogP contribution >= 0.6 is 0 Å². The van der Waals surface area contributed by atoms with E-state index in [-0.39, 0.29) is 23.9 Å². The molecule has 2 aliphatic rings. The number of rotatable bonds is 13. The molecule has 8 rings (SSSR count). The van der Waals surface area contributed by atoms with E-state index in [9.17, 15) is 19.2 Å². The number of nitrogens with zero attached hydrogens (tertiary/aromatic N) is 4. The lowest BCUT2D eigenvalue weighted by Crippen LogP contribution is -2.42. The summed E-state index contributed by atoms with van der Waals surface area (Å²) in [6.45, 7) is 1.12. The van der Waals surface area contributed by atoms with Crippen molar-refractivity contribution in [3.8, 4) is 22.5 Å². The van der Waals surface area contributed by atoms with Crippen molar-refractivity contribution in [1.29, 1.82) is 0 Å². The number of hydrogen-bond donors (Lipinski definition) is 4. The van der Waals surface area contributed by atoms with E-state index in [1.54, 1.807) is 9.80 Å². The number of nitrogens with one attached hydrogen (secondary N) is 4. The first-order chi connectivity index (χ1) is 30.3. The lowest BCUT2D eigenvalue weighted by molar-refractivity contribution is -0.135. The Hall–Kier alpha value is -7.22. The first-order valence-corrected chi connectivity index (χ1v) is 21.0. The Kier molecular flexibility index (Phi) is 12.7. The molecule has 0 unspecified atom stereocenters. The molecule has 0 radical (unpaired) electrons. The van der Waals surface area contributed by atoms with Gasteiger partial charge in [-0.25, -0.2) is 19.6 Å². The van der Waals surface area contributed by atoms with Crippen molar-refractivity contribution in [2.24, 2.45) is 0 Å². The number of carbonyl (C=O) groups is 4. The van der Waals surface area contributed by atoms with Gasteiger partial charge in [0.15, 0.2) is 0 Å². The van der Waals surface area contributed by atoms with Crippen molar-refractivity contribution in [2.75, 3.05) is 27.3 Å². The smallest absolute Gasteiger partial charge is 0.407 e. The van der Waals surface area contributed by atoms with Crippen molar-refractivity contribution in [1.82, 2.24) is 40.4 Å². The third-order valence-corrected chi connectivity index (χ3v) is 11.8. The lowest BCUT2D eigenvalue weighted by atomic mass is 10.0. The molecule has 62 heavy (non-hydrogen) atoms. The van der Waals surface area contributed by atoms with Gasteiger partial charge >= 0.3 is 12.2 Å². The van der Waals surface area contributed by atoms with Crippen LogP contribution in [0, 0.1) is 0 Å². The zero-order chi connectivity index (χ0) is 43.0. The summed E-state index contributed by atoms with van der Waals surface area (Å²) < 4.78 is 9.66. The summed E-state index contributed by atoms with van der Waals surface area (Å²) >= 11 is 0. The minimum Gasteiger partial charge on any atom is -0.453 e. The van der Waals surface area contributed by atoms with E-state index >= 15 is 0 Å². The number of imidazole rings is 2. The van der Waals surface area contributed by atoms with Crippen LogP contribution in [-0.2, 0) is 31.9 Å². The zero-order valence-corrected chi connectivity index (χ0v) is 34.8. The molecule has 0 saturated carbocycles. The number of amides is 4. The molecule has 0 spiro atoms. The van der Waals surface area contributed by atoms with Gasteiger partial charge in [-0.3, -0.25) is 9.59 Å². The number of methoxy groups -OCH3 is 2. The Bertz CT molecular complexity index is 2300. The van der Waals surface area contributed by atoms with Crippen molar-refractivity contribution >= 4 is 24.0 Å². The number of aryl methyl sites for hydroxylation is 2. The predicted molar refractivity (Wildman–Crippen MR) is 232 cm³/mol. The SMILES string of the molecule is COC(=O)N[C@H](C(=O)N1CCC[C@@H]1c1ncc(-c2ccc(CCc3ccc(-c4cnc([C@@H]5CCCN5C(=O)[C@@H](NC(=O)OC)c5ccccc5)[nH]4)cc3)cc2)[nH]1)c1ccccc1. The van der Waals surface area contributed by atoms with E-state index in [1.807, 2.05) is 73.1 Å². The number of likely N-dealkylation sites (tertiary alicyclic amines) is 2. The minimum atomic E-state index is -0.873.